The highest BCUT2D eigenvalue weighted by molar-refractivity contribution is 6.00. The van der Waals surface area contributed by atoms with Crippen LogP contribution < -0.4 is 15.5 Å². The van der Waals surface area contributed by atoms with Crippen LogP contribution in [0.3, 0.4) is 0 Å². The van der Waals surface area contributed by atoms with Crippen molar-refractivity contribution in [3.05, 3.63) is 24.0 Å². The maximum Gasteiger partial charge on any atom is 0.247 e. The fraction of sp³-hybridized carbons (Fsp3) is 0.500. The molecule has 0 spiro atoms. The van der Waals surface area contributed by atoms with E-state index in [1.54, 1.807) is 17.3 Å². The van der Waals surface area contributed by atoms with Gasteiger partial charge in [0.25, 0.3) is 0 Å². The molecular formula is C20H24N6O2. The van der Waals surface area contributed by atoms with Crippen molar-refractivity contribution >= 4 is 23.4 Å². The van der Waals surface area contributed by atoms with Crippen LogP contribution in [0.15, 0.2) is 18.5 Å². The number of rotatable bonds is 4. The van der Waals surface area contributed by atoms with Gasteiger partial charge < -0.3 is 15.4 Å². The molecule has 0 aliphatic carbocycles. The zero-order chi connectivity index (χ0) is 18.9. The lowest BCUT2D eigenvalue weighted by Gasteiger charge is -2.30. The molecule has 28 heavy (non-hydrogen) atoms. The lowest BCUT2D eigenvalue weighted by atomic mass is 9.96. The second-order valence-electron chi connectivity index (χ2n) is 7.53. The Kier molecular flexibility index (Phi) is 4.56. The van der Waals surface area contributed by atoms with Crippen molar-refractivity contribution in [2.75, 3.05) is 48.4 Å². The van der Waals surface area contributed by atoms with Crippen LogP contribution in [-0.4, -0.2) is 53.7 Å². The minimum absolute atomic E-state index is 0.0487. The van der Waals surface area contributed by atoms with Crippen LogP contribution in [0.4, 0.5) is 17.5 Å². The van der Waals surface area contributed by atoms with E-state index in [9.17, 15) is 4.79 Å². The number of amides is 1. The number of pyridine rings is 1. The predicted octanol–water partition coefficient (Wildman–Crippen LogP) is 2.08. The topological polar surface area (TPSA) is 92.3 Å². The molecule has 8 heteroatoms. The highest BCUT2D eigenvalue weighted by Crippen LogP contribution is 2.34. The van der Waals surface area contributed by atoms with Crippen LogP contribution in [0, 0.1) is 5.92 Å². The number of carbonyl (C=O) groups excluding carboxylic acids is 1. The monoisotopic (exact) mass is 380 g/mol. The molecule has 2 aromatic rings. The number of hydrogen-bond acceptors (Lipinski definition) is 7. The van der Waals surface area contributed by atoms with E-state index in [1.165, 1.54) is 5.56 Å². The van der Waals surface area contributed by atoms with Crippen molar-refractivity contribution in [3.8, 4) is 11.3 Å². The van der Waals surface area contributed by atoms with Gasteiger partial charge in [0.05, 0.1) is 18.4 Å². The number of hydrogen-bond donors (Lipinski definition) is 2. The van der Waals surface area contributed by atoms with Gasteiger partial charge in [-0.2, -0.15) is 0 Å². The highest BCUT2D eigenvalue weighted by Gasteiger charge is 2.28. The molecule has 0 atom stereocenters. The van der Waals surface area contributed by atoms with Crippen LogP contribution in [-0.2, 0) is 16.0 Å². The highest BCUT2D eigenvalue weighted by atomic mass is 16.5. The predicted molar refractivity (Wildman–Crippen MR) is 106 cm³/mol. The van der Waals surface area contributed by atoms with Crippen molar-refractivity contribution in [2.24, 2.45) is 5.92 Å². The lowest BCUT2D eigenvalue weighted by molar-refractivity contribution is -0.117. The standard InChI is InChI=1S/C20H24N6O2/c27-17-12-24-19-20(26(17)8-3-13-4-9-28-10-5-13)25-16(11-23-19)14-1-6-21-18-15(14)2-7-22-18/h1,6,11,13H,2-5,7-10,12H2,(H,21,22)(H,23,24). The number of carbonyl (C=O) groups is 1. The summed E-state index contributed by atoms with van der Waals surface area (Å²) in [6, 6.07) is 1.98. The maximum atomic E-state index is 12.6. The Hall–Kier alpha value is -2.74. The molecule has 2 N–H and O–H groups in total. The van der Waals surface area contributed by atoms with E-state index in [-0.39, 0.29) is 12.5 Å². The Labute approximate surface area is 163 Å². The maximum absolute atomic E-state index is 12.6. The Morgan fingerprint density at radius 1 is 1.18 bits per heavy atom. The molecular weight excluding hydrogens is 356 g/mol. The molecule has 3 aliphatic heterocycles. The first-order valence-corrected chi connectivity index (χ1v) is 10.0. The van der Waals surface area contributed by atoms with E-state index in [4.69, 9.17) is 9.72 Å². The summed E-state index contributed by atoms with van der Waals surface area (Å²) in [6.45, 7) is 3.47. The molecule has 146 valence electrons. The van der Waals surface area contributed by atoms with E-state index in [0.717, 1.165) is 62.5 Å². The molecule has 2 aromatic heterocycles. The number of fused-ring (bicyclic) bond motifs is 2. The minimum atomic E-state index is 0.0487. The van der Waals surface area contributed by atoms with Crippen molar-refractivity contribution in [1.82, 2.24) is 15.0 Å². The summed E-state index contributed by atoms with van der Waals surface area (Å²) in [5.74, 6) is 2.89. The molecule has 1 amide bonds. The molecule has 0 bridgehead atoms. The Morgan fingerprint density at radius 2 is 2.07 bits per heavy atom. The van der Waals surface area contributed by atoms with Crippen LogP contribution in [0.25, 0.3) is 11.3 Å². The van der Waals surface area contributed by atoms with Gasteiger partial charge in [-0.05, 0) is 37.7 Å². The zero-order valence-corrected chi connectivity index (χ0v) is 15.8. The molecule has 5 heterocycles. The van der Waals surface area contributed by atoms with Gasteiger partial charge in [0.2, 0.25) is 5.91 Å². The quantitative estimate of drug-likeness (QED) is 0.839. The summed E-state index contributed by atoms with van der Waals surface area (Å²) in [6.07, 6.45) is 7.59. The number of ether oxygens (including phenoxy) is 1. The smallest absolute Gasteiger partial charge is 0.247 e. The van der Waals surface area contributed by atoms with E-state index >= 15 is 0 Å². The zero-order valence-electron chi connectivity index (χ0n) is 15.8. The molecule has 8 nitrogen and oxygen atoms in total. The summed E-state index contributed by atoms with van der Waals surface area (Å²) in [5, 5.41) is 6.40. The molecule has 3 aliphatic rings. The first-order valence-electron chi connectivity index (χ1n) is 10.0. The average Bonchev–Trinajstić information content (AvgIpc) is 3.22. The molecule has 0 unspecified atom stereocenters. The van der Waals surface area contributed by atoms with Crippen LogP contribution in [0.5, 0.6) is 0 Å². The number of anilines is 3. The van der Waals surface area contributed by atoms with Crippen LogP contribution >= 0.6 is 0 Å². The van der Waals surface area contributed by atoms with Gasteiger partial charge in [-0.15, -0.1) is 0 Å². The first kappa shape index (κ1) is 17.4. The third kappa shape index (κ3) is 3.17. The molecule has 0 aromatic carbocycles. The van der Waals surface area contributed by atoms with Gasteiger partial charge in [0, 0.05) is 43.6 Å². The molecule has 0 saturated carbocycles. The fourth-order valence-corrected chi connectivity index (χ4v) is 4.22. The van der Waals surface area contributed by atoms with Crippen LogP contribution in [0.1, 0.15) is 24.8 Å². The normalized spacial score (nSPS) is 19.0. The largest absolute Gasteiger partial charge is 0.381 e. The van der Waals surface area contributed by atoms with Crippen molar-refractivity contribution in [3.63, 3.8) is 0 Å². The van der Waals surface area contributed by atoms with Gasteiger partial charge in [-0.3, -0.25) is 9.69 Å². The minimum Gasteiger partial charge on any atom is -0.381 e. The molecule has 5 rings (SSSR count). The Balaban J connectivity index is 1.44. The second kappa shape index (κ2) is 7.35. The number of nitrogens with one attached hydrogen (secondary N) is 2. The van der Waals surface area contributed by atoms with Gasteiger partial charge in [0.15, 0.2) is 11.6 Å². The van der Waals surface area contributed by atoms with Crippen molar-refractivity contribution in [2.45, 2.75) is 25.7 Å². The summed E-state index contributed by atoms with van der Waals surface area (Å²) in [7, 11) is 0. The molecule has 0 radical (unpaired) electrons. The number of nitrogens with zero attached hydrogens (tertiary/aromatic N) is 4. The Morgan fingerprint density at radius 3 is 2.96 bits per heavy atom. The summed E-state index contributed by atoms with van der Waals surface area (Å²) in [4.78, 5) is 28.2. The van der Waals surface area contributed by atoms with Crippen LogP contribution in [0.2, 0.25) is 0 Å². The SMILES string of the molecule is O=C1CNc2ncc(-c3ccnc4c3CCN4)nc2N1CCC1CCOCC1. The first-order chi connectivity index (χ1) is 13.8. The fourth-order valence-electron chi connectivity index (χ4n) is 4.22. The van der Waals surface area contributed by atoms with E-state index in [2.05, 4.69) is 20.6 Å². The van der Waals surface area contributed by atoms with Gasteiger partial charge in [0.1, 0.15) is 5.82 Å². The van der Waals surface area contributed by atoms with Crippen molar-refractivity contribution in [1.29, 1.82) is 0 Å². The number of aromatic nitrogens is 3. The molecule has 1 fully saturated rings. The van der Waals surface area contributed by atoms with Gasteiger partial charge >= 0.3 is 0 Å². The summed E-state index contributed by atoms with van der Waals surface area (Å²) in [5.41, 5.74) is 2.99. The van der Waals surface area contributed by atoms with Gasteiger partial charge in [-0.1, -0.05) is 0 Å². The lowest BCUT2D eigenvalue weighted by Crippen LogP contribution is -2.42. The van der Waals surface area contributed by atoms with E-state index in [1.807, 2.05) is 6.07 Å². The molecule has 1 saturated heterocycles. The summed E-state index contributed by atoms with van der Waals surface area (Å²) >= 11 is 0. The van der Waals surface area contributed by atoms with Crippen molar-refractivity contribution < 1.29 is 9.53 Å². The van der Waals surface area contributed by atoms with E-state index in [0.29, 0.717) is 24.1 Å². The van der Waals surface area contributed by atoms with E-state index < -0.39 is 0 Å². The summed E-state index contributed by atoms with van der Waals surface area (Å²) < 4.78 is 5.45. The van der Waals surface area contributed by atoms with Gasteiger partial charge in [-0.25, -0.2) is 15.0 Å². The third-order valence-corrected chi connectivity index (χ3v) is 5.82. The average molecular weight is 380 g/mol. The second-order valence-corrected chi connectivity index (χ2v) is 7.53. The third-order valence-electron chi connectivity index (χ3n) is 5.82. The Bertz CT molecular complexity index is 896.